The van der Waals surface area contributed by atoms with Gasteiger partial charge in [0.15, 0.2) is 5.96 Å². The van der Waals surface area contributed by atoms with Crippen LogP contribution in [-0.4, -0.2) is 43.4 Å². The summed E-state index contributed by atoms with van der Waals surface area (Å²) in [5.74, 6) is 1.35. The van der Waals surface area contributed by atoms with Crippen LogP contribution in [0.1, 0.15) is 16.9 Å². The van der Waals surface area contributed by atoms with E-state index in [0.29, 0.717) is 12.3 Å². The van der Waals surface area contributed by atoms with Gasteiger partial charge < -0.3 is 15.5 Å². The van der Waals surface area contributed by atoms with Crippen molar-refractivity contribution in [2.75, 3.05) is 26.7 Å². The molecule has 1 amide bonds. The van der Waals surface area contributed by atoms with E-state index in [-0.39, 0.29) is 5.91 Å². The summed E-state index contributed by atoms with van der Waals surface area (Å²) in [5, 5.41) is 6.68. The number of aliphatic imine (C=N–C) groups is 1. The zero-order valence-corrected chi connectivity index (χ0v) is 17.9. The van der Waals surface area contributed by atoms with Crippen LogP contribution in [0.25, 0.3) is 0 Å². The van der Waals surface area contributed by atoms with Gasteiger partial charge in [-0.15, -0.1) is 11.3 Å². The third-order valence-electron chi connectivity index (χ3n) is 4.65. The van der Waals surface area contributed by atoms with Crippen LogP contribution >= 0.6 is 27.3 Å². The van der Waals surface area contributed by atoms with Crippen LogP contribution in [0, 0.1) is 5.92 Å². The molecule has 1 aliphatic rings. The fourth-order valence-corrected chi connectivity index (χ4v) is 4.62. The molecule has 5 nitrogen and oxygen atoms in total. The number of thiophene rings is 1. The summed E-state index contributed by atoms with van der Waals surface area (Å²) in [4.78, 5) is 19.8. The second-order valence-corrected chi connectivity index (χ2v) is 9.21. The van der Waals surface area contributed by atoms with E-state index < -0.39 is 0 Å². The maximum absolute atomic E-state index is 12.3. The highest BCUT2D eigenvalue weighted by Gasteiger charge is 2.29. The third-order valence-corrected chi connectivity index (χ3v) is 6.27. The number of hydrogen-bond acceptors (Lipinski definition) is 3. The van der Waals surface area contributed by atoms with Gasteiger partial charge in [-0.25, -0.2) is 0 Å². The summed E-state index contributed by atoms with van der Waals surface area (Å²) in [6.45, 7) is 3.09. The van der Waals surface area contributed by atoms with Crippen molar-refractivity contribution >= 4 is 39.1 Å². The van der Waals surface area contributed by atoms with Crippen molar-refractivity contribution in [3.05, 3.63) is 56.7 Å². The van der Waals surface area contributed by atoms with Gasteiger partial charge in [0.1, 0.15) is 0 Å². The van der Waals surface area contributed by atoms with Gasteiger partial charge in [0, 0.05) is 43.9 Å². The molecule has 0 saturated carbocycles. The molecule has 3 rings (SSSR count). The number of likely N-dealkylation sites (tertiary alicyclic amines) is 1. The number of nitrogens with zero attached hydrogens (tertiary/aromatic N) is 2. The maximum Gasteiger partial charge on any atom is 0.223 e. The highest BCUT2D eigenvalue weighted by Crippen LogP contribution is 2.21. The van der Waals surface area contributed by atoms with Crippen molar-refractivity contribution in [1.29, 1.82) is 0 Å². The lowest BCUT2D eigenvalue weighted by Crippen LogP contribution is -2.39. The molecule has 1 saturated heterocycles. The van der Waals surface area contributed by atoms with Crippen molar-refractivity contribution in [3.63, 3.8) is 0 Å². The molecule has 1 aromatic heterocycles. The predicted molar refractivity (Wildman–Crippen MR) is 115 cm³/mol. The first-order chi connectivity index (χ1) is 13.1. The first-order valence-electron chi connectivity index (χ1n) is 9.14. The smallest absolute Gasteiger partial charge is 0.223 e. The van der Waals surface area contributed by atoms with Gasteiger partial charge in [-0.05, 0) is 40.0 Å². The molecule has 1 unspecified atom stereocenters. The lowest BCUT2D eigenvalue weighted by atomic mass is 10.1. The normalized spacial score (nSPS) is 17.4. The van der Waals surface area contributed by atoms with E-state index in [1.54, 1.807) is 18.4 Å². The first-order valence-corrected chi connectivity index (χ1v) is 10.8. The van der Waals surface area contributed by atoms with Gasteiger partial charge in [-0.1, -0.05) is 30.3 Å². The van der Waals surface area contributed by atoms with Crippen LogP contribution in [0.5, 0.6) is 0 Å². The summed E-state index contributed by atoms with van der Waals surface area (Å²) in [6, 6.07) is 14.5. The summed E-state index contributed by atoms with van der Waals surface area (Å²) in [5.41, 5.74) is 1.27. The molecule has 0 aliphatic carbocycles. The fraction of sp³-hybridized carbons (Fsp3) is 0.400. The molecule has 7 heteroatoms. The average Bonchev–Trinajstić information content (AvgIpc) is 3.26. The number of nitrogens with one attached hydrogen (secondary N) is 2. The Morgan fingerprint density at radius 2 is 2.07 bits per heavy atom. The largest absolute Gasteiger partial charge is 0.356 e. The number of carbonyl (C=O) groups is 1. The number of rotatable bonds is 7. The second-order valence-electron chi connectivity index (χ2n) is 6.66. The van der Waals surface area contributed by atoms with Gasteiger partial charge in [-0.3, -0.25) is 9.79 Å². The number of guanidine groups is 1. The molecule has 0 spiro atoms. The summed E-state index contributed by atoms with van der Waals surface area (Å²) < 4.78 is 1.13. The Labute approximate surface area is 173 Å². The molecule has 144 valence electrons. The minimum atomic E-state index is 0.254. The maximum atomic E-state index is 12.3. The zero-order chi connectivity index (χ0) is 19.1. The van der Waals surface area contributed by atoms with E-state index in [0.717, 1.165) is 42.3 Å². The number of carbonyl (C=O) groups excluding carboxylic acids is 1. The van der Waals surface area contributed by atoms with E-state index in [4.69, 9.17) is 0 Å². The number of halogens is 1. The van der Waals surface area contributed by atoms with E-state index in [9.17, 15) is 4.79 Å². The number of hydrogen-bond donors (Lipinski definition) is 2. The predicted octanol–water partition coefficient (Wildman–Crippen LogP) is 3.27. The lowest BCUT2D eigenvalue weighted by Gasteiger charge is -2.18. The molecule has 0 radical (unpaired) electrons. The van der Waals surface area contributed by atoms with Crippen molar-refractivity contribution in [2.24, 2.45) is 10.9 Å². The molecule has 1 aromatic carbocycles. The number of amides is 1. The third kappa shape index (κ3) is 6.07. The fourth-order valence-electron chi connectivity index (χ4n) is 3.19. The summed E-state index contributed by atoms with van der Waals surface area (Å²) >= 11 is 5.19. The zero-order valence-electron chi connectivity index (χ0n) is 15.5. The molecule has 2 aromatic rings. The van der Waals surface area contributed by atoms with Crippen molar-refractivity contribution in [3.8, 4) is 0 Å². The van der Waals surface area contributed by atoms with Crippen molar-refractivity contribution in [2.45, 2.75) is 19.4 Å². The van der Waals surface area contributed by atoms with Gasteiger partial charge >= 0.3 is 0 Å². The minimum Gasteiger partial charge on any atom is -0.356 e. The Bertz CT molecular complexity index is 777. The molecule has 27 heavy (non-hydrogen) atoms. The van der Waals surface area contributed by atoms with Crippen LogP contribution in [0.4, 0.5) is 0 Å². The van der Waals surface area contributed by atoms with Crippen LogP contribution in [-0.2, 0) is 17.8 Å². The molecule has 1 aliphatic heterocycles. The molecule has 0 bridgehead atoms. The Morgan fingerprint density at radius 3 is 2.78 bits per heavy atom. The Balaban J connectivity index is 1.40. The monoisotopic (exact) mass is 448 g/mol. The van der Waals surface area contributed by atoms with E-state index >= 15 is 0 Å². The van der Waals surface area contributed by atoms with Crippen LogP contribution in [0.2, 0.25) is 0 Å². The van der Waals surface area contributed by atoms with E-state index in [1.807, 2.05) is 29.2 Å². The van der Waals surface area contributed by atoms with Crippen LogP contribution in [0.15, 0.2) is 51.2 Å². The quantitative estimate of drug-likeness (QED) is 0.504. The second kappa shape index (κ2) is 9.90. The minimum absolute atomic E-state index is 0.254. The Morgan fingerprint density at radius 1 is 1.26 bits per heavy atom. The van der Waals surface area contributed by atoms with Gasteiger partial charge in [0.2, 0.25) is 5.91 Å². The average molecular weight is 449 g/mol. The summed E-state index contributed by atoms with van der Waals surface area (Å²) in [6.07, 6.45) is 1.52. The first kappa shape index (κ1) is 19.9. The molecule has 2 N–H and O–H groups in total. The van der Waals surface area contributed by atoms with Crippen molar-refractivity contribution in [1.82, 2.24) is 15.5 Å². The molecule has 2 heterocycles. The molecule has 1 atom stereocenters. The van der Waals surface area contributed by atoms with Crippen LogP contribution in [0.3, 0.4) is 0 Å². The molecular weight excluding hydrogens is 424 g/mol. The number of benzene rings is 1. The van der Waals surface area contributed by atoms with Gasteiger partial charge in [-0.2, -0.15) is 0 Å². The molecular formula is C20H25BrN4OS. The van der Waals surface area contributed by atoms with Gasteiger partial charge in [0.05, 0.1) is 10.3 Å². The topological polar surface area (TPSA) is 56.7 Å². The van der Waals surface area contributed by atoms with Crippen LogP contribution < -0.4 is 10.6 Å². The Hall–Kier alpha value is -1.86. The SMILES string of the molecule is CN=C(NCc1ccc(Br)s1)NCC1CC(=O)N(CCc2ccccc2)C1. The Kier molecular flexibility index (Phi) is 7.29. The van der Waals surface area contributed by atoms with Gasteiger partial charge in [0.25, 0.3) is 0 Å². The lowest BCUT2D eigenvalue weighted by molar-refractivity contribution is -0.127. The highest BCUT2D eigenvalue weighted by atomic mass is 79.9. The van der Waals surface area contributed by atoms with E-state index in [1.165, 1.54) is 10.4 Å². The van der Waals surface area contributed by atoms with E-state index in [2.05, 4.69) is 49.8 Å². The summed E-state index contributed by atoms with van der Waals surface area (Å²) in [7, 11) is 1.77. The van der Waals surface area contributed by atoms with Crippen molar-refractivity contribution < 1.29 is 4.79 Å². The highest BCUT2D eigenvalue weighted by molar-refractivity contribution is 9.11. The molecule has 1 fully saturated rings. The standard InChI is InChI=1S/C20H25BrN4OS/c1-22-20(24-13-17-7-8-18(21)27-17)23-12-16-11-19(26)25(14-16)10-9-15-5-3-2-4-6-15/h2-8,16H,9-14H2,1H3,(H2,22,23,24).